The van der Waals surface area contributed by atoms with Crippen molar-refractivity contribution >= 4 is 28.4 Å². The van der Waals surface area contributed by atoms with E-state index in [2.05, 4.69) is 4.98 Å². The zero-order valence-corrected chi connectivity index (χ0v) is 10.3. The van der Waals surface area contributed by atoms with Crippen molar-refractivity contribution in [1.29, 1.82) is 0 Å². The Hall–Kier alpha value is -2.00. The SMILES string of the molecule is Nc1cc(Cc2cc3cc(Cl)ccc3o2)ccn1. The van der Waals surface area contributed by atoms with Crippen LogP contribution in [0.5, 0.6) is 0 Å². The van der Waals surface area contributed by atoms with Crippen molar-refractivity contribution in [2.75, 3.05) is 5.73 Å². The fraction of sp³-hybridized carbons (Fsp3) is 0.0714. The van der Waals surface area contributed by atoms with Gasteiger partial charge in [0.1, 0.15) is 17.2 Å². The average molecular weight is 259 g/mol. The van der Waals surface area contributed by atoms with E-state index < -0.39 is 0 Å². The Morgan fingerprint density at radius 2 is 2.06 bits per heavy atom. The number of rotatable bonds is 2. The zero-order valence-electron chi connectivity index (χ0n) is 9.56. The van der Waals surface area contributed by atoms with Gasteiger partial charge < -0.3 is 10.2 Å². The van der Waals surface area contributed by atoms with Crippen LogP contribution in [0.15, 0.2) is 47.0 Å². The Labute approximate surface area is 109 Å². The smallest absolute Gasteiger partial charge is 0.134 e. The van der Waals surface area contributed by atoms with Crippen LogP contribution in [-0.2, 0) is 6.42 Å². The molecule has 0 saturated carbocycles. The molecule has 3 rings (SSSR count). The van der Waals surface area contributed by atoms with E-state index in [4.69, 9.17) is 21.8 Å². The van der Waals surface area contributed by atoms with Crippen molar-refractivity contribution < 1.29 is 4.42 Å². The fourth-order valence-corrected chi connectivity index (χ4v) is 2.14. The van der Waals surface area contributed by atoms with E-state index in [-0.39, 0.29) is 0 Å². The normalized spacial score (nSPS) is 10.9. The molecular formula is C14H11ClN2O. The highest BCUT2D eigenvalue weighted by molar-refractivity contribution is 6.31. The molecule has 0 aliphatic heterocycles. The summed E-state index contributed by atoms with van der Waals surface area (Å²) in [6, 6.07) is 11.4. The summed E-state index contributed by atoms with van der Waals surface area (Å²) in [5, 5.41) is 1.72. The number of hydrogen-bond acceptors (Lipinski definition) is 3. The standard InChI is InChI=1S/C14H11ClN2O/c15-11-1-2-13-10(7-11)8-12(18-13)5-9-3-4-17-14(16)6-9/h1-4,6-8H,5H2,(H2,16,17). The largest absolute Gasteiger partial charge is 0.461 e. The van der Waals surface area contributed by atoms with E-state index >= 15 is 0 Å². The van der Waals surface area contributed by atoms with Crippen LogP contribution in [0.25, 0.3) is 11.0 Å². The Morgan fingerprint density at radius 3 is 2.89 bits per heavy atom. The monoisotopic (exact) mass is 258 g/mol. The second kappa shape index (κ2) is 4.35. The lowest BCUT2D eigenvalue weighted by molar-refractivity contribution is 0.563. The van der Waals surface area contributed by atoms with Crippen molar-refractivity contribution in [3.05, 3.63) is 58.9 Å². The van der Waals surface area contributed by atoms with Crippen LogP contribution in [-0.4, -0.2) is 4.98 Å². The summed E-state index contributed by atoms with van der Waals surface area (Å²) < 4.78 is 5.75. The molecule has 2 N–H and O–H groups in total. The molecule has 0 aliphatic carbocycles. The highest BCUT2D eigenvalue weighted by atomic mass is 35.5. The quantitative estimate of drug-likeness (QED) is 0.763. The van der Waals surface area contributed by atoms with Gasteiger partial charge in [-0.2, -0.15) is 0 Å². The topological polar surface area (TPSA) is 52.0 Å². The summed E-state index contributed by atoms with van der Waals surface area (Å²) in [6.45, 7) is 0. The minimum absolute atomic E-state index is 0.520. The molecule has 0 radical (unpaired) electrons. The van der Waals surface area contributed by atoms with Crippen molar-refractivity contribution in [2.24, 2.45) is 0 Å². The van der Waals surface area contributed by atoms with Crippen LogP contribution < -0.4 is 5.73 Å². The maximum atomic E-state index is 5.94. The van der Waals surface area contributed by atoms with Crippen LogP contribution >= 0.6 is 11.6 Å². The van der Waals surface area contributed by atoms with Gasteiger partial charge in [-0.15, -0.1) is 0 Å². The first kappa shape index (κ1) is 11.1. The van der Waals surface area contributed by atoms with Gasteiger partial charge in [-0.1, -0.05) is 11.6 Å². The summed E-state index contributed by atoms with van der Waals surface area (Å²) in [7, 11) is 0. The molecule has 18 heavy (non-hydrogen) atoms. The zero-order chi connectivity index (χ0) is 12.5. The molecule has 0 atom stereocenters. The number of nitrogen functional groups attached to an aromatic ring is 1. The molecule has 0 amide bonds. The van der Waals surface area contributed by atoms with Crippen LogP contribution in [0.1, 0.15) is 11.3 Å². The number of anilines is 1. The Balaban J connectivity index is 1.95. The first-order chi connectivity index (χ1) is 8.70. The van der Waals surface area contributed by atoms with Crippen LogP contribution in [0.3, 0.4) is 0 Å². The van der Waals surface area contributed by atoms with Crippen LogP contribution in [0.2, 0.25) is 5.02 Å². The molecule has 0 unspecified atom stereocenters. The van der Waals surface area contributed by atoms with Gasteiger partial charge in [-0.3, -0.25) is 0 Å². The summed E-state index contributed by atoms with van der Waals surface area (Å²) in [4.78, 5) is 3.97. The minimum atomic E-state index is 0.520. The third-order valence-corrected chi connectivity index (χ3v) is 2.99. The molecule has 90 valence electrons. The van der Waals surface area contributed by atoms with E-state index in [9.17, 15) is 0 Å². The van der Waals surface area contributed by atoms with Gasteiger partial charge in [-0.05, 0) is 42.0 Å². The third kappa shape index (κ3) is 2.17. The number of aromatic nitrogens is 1. The molecule has 3 aromatic rings. The minimum Gasteiger partial charge on any atom is -0.461 e. The fourth-order valence-electron chi connectivity index (χ4n) is 1.96. The van der Waals surface area contributed by atoms with Crippen LogP contribution in [0, 0.1) is 0 Å². The number of hydrogen-bond donors (Lipinski definition) is 1. The molecule has 0 saturated heterocycles. The first-order valence-electron chi connectivity index (χ1n) is 5.59. The van der Waals surface area contributed by atoms with Crippen LogP contribution in [0.4, 0.5) is 5.82 Å². The van der Waals surface area contributed by atoms with Gasteiger partial charge in [0, 0.05) is 23.0 Å². The molecule has 0 fully saturated rings. The van der Waals surface area contributed by atoms with Crippen molar-refractivity contribution in [1.82, 2.24) is 4.98 Å². The second-order valence-corrected chi connectivity index (χ2v) is 4.60. The molecule has 2 aromatic heterocycles. The second-order valence-electron chi connectivity index (χ2n) is 4.16. The summed E-state index contributed by atoms with van der Waals surface area (Å²) in [5.74, 6) is 1.41. The van der Waals surface area contributed by atoms with Gasteiger partial charge >= 0.3 is 0 Å². The molecule has 4 heteroatoms. The van der Waals surface area contributed by atoms with E-state index in [0.29, 0.717) is 17.3 Å². The molecule has 1 aromatic carbocycles. The molecule has 0 aliphatic rings. The molecule has 2 heterocycles. The molecular weight excluding hydrogens is 248 g/mol. The van der Waals surface area contributed by atoms with E-state index in [1.165, 1.54) is 0 Å². The number of furan rings is 1. The summed E-state index contributed by atoms with van der Waals surface area (Å²) in [5.41, 5.74) is 7.57. The van der Waals surface area contributed by atoms with E-state index in [0.717, 1.165) is 22.3 Å². The van der Waals surface area contributed by atoms with E-state index in [1.807, 2.05) is 36.4 Å². The lowest BCUT2D eigenvalue weighted by Gasteiger charge is -1.98. The Bertz CT molecular complexity index is 706. The lowest BCUT2D eigenvalue weighted by Crippen LogP contribution is -1.92. The molecule has 3 nitrogen and oxygen atoms in total. The van der Waals surface area contributed by atoms with Gasteiger partial charge in [0.15, 0.2) is 0 Å². The summed E-state index contributed by atoms with van der Waals surface area (Å²) >= 11 is 5.94. The van der Waals surface area contributed by atoms with Crippen molar-refractivity contribution in [2.45, 2.75) is 6.42 Å². The number of nitrogens with two attached hydrogens (primary N) is 1. The third-order valence-electron chi connectivity index (χ3n) is 2.75. The number of benzene rings is 1. The predicted octanol–water partition coefficient (Wildman–Crippen LogP) is 3.65. The van der Waals surface area contributed by atoms with Crippen molar-refractivity contribution in [3.8, 4) is 0 Å². The number of halogens is 1. The highest BCUT2D eigenvalue weighted by Gasteiger charge is 2.05. The maximum absolute atomic E-state index is 5.94. The Morgan fingerprint density at radius 1 is 1.17 bits per heavy atom. The number of nitrogens with zero attached hydrogens (tertiary/aromatic N) is 1. The van der Waals surface area contributed by atoms with Gasteiger partial charge in [-0.25, -0.2) is 4.98 Å². The van der Waals surface area contributed by atoms with Crippen molar-refractivity contribution in [3.63, 3.8) is 0 Å². The average Bonchev–Trinajstić information content (AvgIpc) is 2.70. The summed E-state index contributed by atoms with van der Waals surface area (Å²) in [6.07, 6.45) is 2.39. The Kier molecular flexibility index (Phi) is 2.68. The first-order valence-corrected chi connectivity index (χ1v) is 5.97. The molecule has 0 spiro atoms. The van der Waals surface area contributed by atoms with E-state index in [1.54, 1.807) is 6.20 Å². The van der Waals surface area contributed by atoms with Gasteiger partial charge in [0.25, 0.3) is 0 Å². The van der Waals surface area contributed by atoms with Gasteiger partial charge in [0.2, 0.25) is 0 Å². The van der Waals surface area contributed by atoms with Gasteiger partial charge in [0.05, 0.1) is 0 Å². The lowest BCUT2D eigenvalue weighted by atomic mass is 10.1. The number of pyridine rings is 1. The molecule has 0 bridgehead atoms. The maximum Gasteiger partial charge on any atom is 0.134 e. The number of fused-ring (bicyclic) bond motifs is 1. The predicted molar refractivity (Wildman–Crippen MR) is 72.7 cm³/mol. The highest BCUT2D eigenvalue weighted by Crippen LogP contribution is 2.24.